The molecule has 0 atom stereocenters. The van der Waals surface area contributed by atoms with Crippen LogP contribution in [0.15, 0.2) is 78.9 Å². The number of rotatable bonds is 5. The standard InChI is InChI=1S/C29H33BNO3/c1-28(2)29(3,4)34-30(32,33-28)27-17-11-8-14-23(27)19-31(5)20-26-24-15-9-6-12-21(24)18-22-13-7-10-16-25(22)26/h6-18,32H,19-20H2,1-5H3/q-1. The van der Waals surface area contributed by atoms with Gasteiger partial charge in [0.1, 0.15) is 0 Å². The van der Waals surface area contributed by atoms with E-state index in [0.717, 1.165) is 17.6 Å². The van der Waals surface area contributed by atoms with E-state index in [4.69, 9.17) is 9.31 Å². The van der Waals surface area contributed by atoms with Crippen LogP contribution in [0.4, 0.5) is 0 Å². The van der Waals surface area contributed by atoms with Crippen LogP contribution in [-0.2, 0) is 22.4 Å². The average Bonchev–Trinajstić information content (AvgIpc) is 2.96. The lowest BCUT2D eigenvalue weighted by Gasteiger charge is -2.36. The minimum Gasteiger partial charge on any atom is -0.555 e. The van der Waals surface area contributed by atoms with Crippen LogP contribution in [0.5, 0.6) is 0 Å². The summed E-state index contributed by atoms with van der Waals surface area (Å²) in [6, 6.07) is 27.3. The highest BCUT2D eigenvalue weighted by molar-refractivity contribution is 6.75. The largest absolute Gasteiger partial charge is 0.555 e. The number of fused-ring (bicyclic) bond motifs is 2. The maximum absolute atomic E-state index is 11.5. The van der Waals surface area contributed by atoms with Crippen LogP contribution >= 0.6 is 0 Å². The fraction of sp³-hybridized carbons (Fsp3) is 0.310. The molecule has 34 heavy (non-hydrogen) atoms. The number of hydrogen-bond donors (Lipinski definition) is 1. The molecule has 1 N–H and O–H groups in total. The second kappa shape index (κ2) is 8.21. The van der Waals surface area contributed by atoms with Crippen molar-refractivity contribution in [2.75, 3.05) is 7.05 Å². The van der Waals surface area contributed by atoms with Gasteiger partial charge in [0, 0.05) is 24.3 Å². The second-order valence-corrected chi connectivity index (χ2v) is 10.6. The molecule has 0 bridgehead atoms. The lowest BCUT2D eigenvalue weighted by Crippen LogP contribution is -2.53. The van der Waals surface area contributed by atoms with Crippen molar-refractivity contribution in [2.45, 2.75) is 52.0 Å². The van der Waals surface area contributed by atoms with Gasteiger partial charge in [0.25, 0.3) is 0 Å². The highest BCUT2D eigenvalue weighted by Gasteiger charge is 2.52. The Morgan fingerprint density at radius 3 is 1.82 bits per heavy atom. The molecule has 5 rings (SSSR count). The van der Waals surface area contributed by atoms with Crippen molar-refractivity contribution in [3.05, 3.63) is 90.0 Å². The van der Waals surface area contributed by atoms with Crippen molar-refractivity contribution < 1.29 is 14.3 Å². The van der Waals surface area contributed by atoms with E-state index in [1.807, 2.05) is 45.9 Å². The Bertz CT molecular complexity index is 1290. The van der Waals surface area contributed by atoms with Gasteiger partial charge in [-0.3, -0.25) is 4.90 Å². The first-order chi connectivity index (χ1) is 16.1. The predicted octanol–water partition coefficient (Wildman–Crippen LogP) is 5.37. The Labute approximate surface area is 202 Å². The first-order valence-electron chi connectivity index (χ1n) is 12.0. The van der Waals surface area contributed by atoms with Gasteiger partial charge in [-0.2, -0.15) is 0 Å². The molecule has 1 saturated heterocycles. The number of benzene rings is 4. The zero-order valence-electron chi connectivity index (χ0n) is 20.7. The molecule has 0 aromatic heterocycles. The molecule has 0 amide bonds. The Kier molecular flexibility index (Phi) is 5.57. The molecule has 176 valence electrons. The summed E-state index contributed by atoms with van der Waals surface area (Å²) in [5.41, 5.74) is 1.82. The summed E-state index contributed by atoms with van der Waals surface area (Å²) >= 11 is 0. The predicted molar refractivity (Wildman–Crippen MR) is 141 cm³/mol. The molecule has 4 nitrogen and oxygen atoms in total. The van der Waals surface area contributed by atoms with E-state index in [9.17, 15) is 5.02 Å². The molecule has 4 aromatic rings. The Morgan fingerprint density at radius 1 is 0.735 bits per heavy atom. The third-order valence-corrected chi connectivity index (χ3v) is 7.56. The molecule has 1 fully saturated rings. The lowest BCUT2D eigenvalue weighted by atomic mass is 9.67. The van der Waals surface area contributed by atoms with Crippen LogP contribution in [0.25, 0.3) is 21.5 Å². The van der Waals surface area contributed by atoms with Gasteiger partial charge in [0.2, 0.25) is 0 Å². The molecule has 1 heterocycles. The summed E-state index contributed by atoms with van der Waals surface area (Å²) in [4.78, 5) is 2.29. The van der Waals surface area contributed by atoms with Gasteiger partial charge < -0.3 is 14.3 Å². The molecule has 0 spiro atoms. The molecular weight excluding hydrogens is 421 g/mol. The topological polar surface area (TPSA) is 41.9 Å². The van der Waals surface area contributed by atoms with E-state index in [1.54, 1.807) is 0 Å². The van der Waals surface area contributed by atoms with E-state index in [0.29, 0.717) is 6.54 Å². The van der Waals surface area contributed by atoms with Crippen LogP contribution in [0.2, 0.25) is 0 Å². The van der Waals surface area contributed by atoms with Crippen molar-refractivity contribution in [1.29, 1.82) is 0 Å². The van der Waals surface area contributed by atoms with Crippen molar-refractivity contribution in [1.82, 2.24) is 4.90 Å². The highest BCUT2D eigenvalue weighted by Crippen LogP contribution is 2.40. The Hall–Kier alpha value is -2.70. The van der Waals surface area contributed by atoms with E-state index in [1.165, 1.54) is 27.1 Å². The van der Waals surface area contributed by atoms with Crippen molar-refractivity contribution >= 4 is 33.8 Å². The molecule has 5 heteroatoms. The first kappa shape index (κ1) is 23.1. The van der Waals surface area contributed by atoms with Gasteiger partial charge in [0.05, 0.1) is 0 Å². The van der Waals surface area contributed by atoms with Gasteiger partial charge in [-0.15, -0.1) is 5.46 Å². The quantitative estimate of drug-likeness (QED) is 0.325. The maximum Gasteiger partial charge on any atom is 0.408 e. The van der Waals surface area contributed by atoms with Crippen LogP contribution in [0.1, 0.15) is 38.8 Å². The summed E-state index contributed by atoms with van der Waals surface area (Å²) in [6.45, 7) is 6.72. The van der Waals surface area contributed by atoms with E-state index >= 15 is 0 Å². The number of nitrogens with zero attached hydrogens (tertiary/aromatic N) is 1. The van der Waals surface area contributed by atoms with Crippen molar-refractivity contribution in [3.63, 3.8) is 0 Å². The van der Waals surface area contributed by atoms with E-state index < -0.39 is 18.0 Å². The normalized spacial score (nSPS) is 18.7. The van der Waals surface area contributed by atoms with Gasteiger partial charge in [-0.25, -0.2) is 0 Å². The number of hydrogen-bond acceptors (Lipinski definition) is 4. The SMILES string of the molecule is CN(Cc1ccccc1[B-]1(O)OC(C)(C)C(C)(C)O1)Cc1c2ccccc2cc2ccccc12. The maximum atomic E-state index is 11.5. The molecule has 1 aliphatic rings. The molecule has 4 aromatic carbocycles. The minimum atomic E-state index is -2.58. The highest BCUT2D eigenvalue weighted by atomic mass is 16.8. The smallest absolute Gasteiger partial charge is 0.408 e. The summed E-state index contributed by atoms with van der Waals surface area (Å²) in [6.07, 6.45) is 0. The first-order valence-corrected chi connectivity index (χ1v) is 12.0. The molecule has 0 radical (unpaired) electrons. The van der Waals surface area contributed by atoms with Crippen molar-refractivity contribution in [3.8, 4) is 0 Å². The molecule has 0 aliphatic carbocycles. The summed E-state index contributed by atoms with van der Waals surface area (Å²) in [5, 5.41) is 16.5. The van der Waals surface area contributed by atoms with Gasteiger partial charge in [-0.05, 0) is 67.9 Å². The van der Waals surface area contributed by atoms with Crippen LogP contribution in [0, 0.1) is 0 Å². The average molecular weight is 454 g/mol. The Balaban J connectivity index is 1.49. The zero-order valence-corrected chi connectivity index (χ0v) is 20.7. The van der Waals surface area contributed by atoms with Gasteiger partial charge in [0.15, 0.2) is 0 Å². The molecular formula is C29H33BNO3-. The fourth-order valence-corrected chi connectivity index (χ4v) is 5.16. The van der Waals surface area contributed by atoms with E-state index in [2.05, 4.69) is 72.6 Å². The summed E-state index contributed by atoms with van der Waals surface area (Å²) in [7, 11) is 2.12. The minimum absolute atomic E-state index is 0.608. The van der Waals surface area contributed by atoms with Gasteiger partial charge in [-0.1, -0.05) is 78.4 Å². The van der Waals surface area contributed by atoms with Gasteiger partial charge >= 0.3 is 6.75 Å². The zero-order chi connectivity index (χ0) is 24.1. The Morgan fingerprint density at radius 2 is 1.24 bits per heavy atom. The summed E-state index contributed by atoms with van der Waals surface area (Å²) < 4.78 is 12.3. The second-order valence-electron chi connectivity index (χ2n) is 10.6. The third-order valence-electron chi connectivity index (χ3n) is 7.56. The molecule has 0 saturated carbocycles. The van der Waals surface area contributed by atoms with Crippen LogP contribution in [-0.4, -0.2) is 34.9 Å². The molecule has 0 unspecified atom stereocenters. The monoisotopic (exact) mass is 454 g/mol. The fourth-order valence-electron chi connectivity index (χ4n) is 5.16. The molecule has 1 aliphatic heterocycles. The van der Waals surface area contributed by atoms with Crippen LogP contribution < -0.4 is 5.46 Å². The van der Waals surface area contributed by atoms with Crippen molar-refractivity contribution in [2.24, 2.45) is 0 Å². The summed E-state index contributed by atoms with van der Waals surface area (Å²) in [5.74, 6) is 0. The third kappa shape index (κ3) is 3.93. The van der Waals surface area contributed by atoms with Crippen LogP contribution in [0.3, 0.4) is 0 Å². The lowest BCUT2D eigenvalue weighted by molar-refractivity contribution is 0.00578. The van der Waals surface area contributed by atoms with E-state index in [-0.39, 0.29) is 0 Å².